The maximum Gasteiger partial charge on any atom is 0.223 e. The molecule has 2 rings (SSSR count). The van der Waals surface area contributed by atoms with Crippen molar-refractivity contribution < 1.29 is 9.90 Å². The monoisotopic (exact) mass is 398 g/mol. The number of amides is 1. The van der Waals surface area contributed by atoms with Gasteiger partial charge in [0.05, 0.1) is 6.10 Å². The number of likely N-dealkylation sites (tertiary alicyclic amines) is 1. The molecule has 2 heterocycles. The van der Waals surface area contributed by atoms with Gasteiger partial charge in [0.2, 0.25) is 5.91 Å². The van der Waals surface area contributed by atoms with Crippen LogP contribution in [0.2, 0.25) is 0 Å². The van der Waals surface area contributed by atoms with Gasteiger partial charge in [-0.15, -0.1) is 24.8 Å². The van der Waals surface area contributed by atoms with Gasteiger partial charge < -0.3 is 25.1 Å². The van der Waals surface area contributed by atoms with Crippen molar-refractivity contribution in [3.8, 4) is 0 Å². The van der Waals surface area contributed by atoms with E-state index in [0.717, 1.165) is 64.8 Å². The molecule has 1 atom stereocenters. The zero-order valence-electron chi connectivity index (χ0n) is 15.7. The Balaban J connectivity index is 0.00000288. The summed E-state index contributed by atoms with van der Waals surface area (Å²) in [4.78, 5) is 18.8. The molecule has 0 bridgehead atoms. The maximum atomic E-state index is 12.2. The number of piperazine rings is 1. The predicted molar refractivity (Wildman–Crippen MR) is 107 cm³/mol. The van der Waals surface area contributed by atoms with E-state index in [9.17, 15) is 9.90 Å². The summed E-state index contributed by atoms with van der Waals surface area (Å²) in [6.07, 6.45) is 2.80. The second-order valence-corrected chi connectivity index (χ2v) is 7.24. The molecular weight excluding hydrogens is 363 g/mol. The van der Waals surface area contributed by atoms with Crippen molar-refractivity contribution in [3.63, 3.8) is 0 Å². The Morgan fingerprint density at radius 1 is 1.20 bits per heavy atom. The standard InChI is InChI=1S/C17H34N4O2.2ClH/c1-15(22)13-20-9-3-16(4-10-20)14-19(2)8-5-17(23)21-11-6-18-7-12-21;;/h15-16,18,22H,3-14H2,1-2H3;2*1H. The van der Waals surface area contributed by atoms with Crippen molar-refractivity contribution in [2.45, 2.75) is 32.3 Å². The number of β-amino-alcohol motifs (C(OH)–C–C–N with tert-alkyl or cyclic N) is 1. The second kappa shape index (κ2) is 13.1. The third kappa shape index (κ3) is 9.40. The van der Waals surface area contributed by atoms with E-state index in [4.69, 9.17) is 0 Å². The average Bonchev–Trinajstić information content (AvgIpc) is 2.55. The fraction of sp³-hybridized carbons (Fsp3) is 0.941. The van der Waals surface area contributed by atoms with Crippen LogP contribution < -0.4 is 5.32 Å². The van der Waals surface area contributed by atoms with Crippen molar-refractivity contribution in [1.29, 1.82) is 0 Å². The first-order valence-electron chi connectivity index (χ1n) is 9.12. The highest BCUT2D eigenvalue weighted by atomic mass is 35.5. The first-order valence-corrected chi connectivity index (χ1v) is 9.12. The van der Waals surface area contributed by atoms with Crippen molar-refractivity contribution in [3.05, 3.63) is 0 Å². The molecule has 2 fully saturated rings. The normalized spacial score (nSPS) is 20.7. The van der Waals surface area contributed by atoms with E-state index < -0.39 is 0 Å². The minimum atomic E-state index is -0.231. The fourth-order valence-electron chi connectivity index (χ4n) is 3.62. The molecule has 2 saturated heterocycles. The van der Waals surface area contributed by atoms with Gasteiger partial charge in [0.1, 0.15) is 0 Å². The molecule has 0 spiro atoms. The highest BCUT2D eigenvalue weighted by Gasteiger charge is 2.22. The van der Waals surface area contributed by atoms with Crippen LogP contribution in [-0.4, -0.2) is 97.8 Å². The smallest absolute Gasteiger partial charge is 0.223 e. The summed E-state index contributed by atoms with van der Waals surface area (Å²) in [6, 6.07) is 0. The number of piperidine rings is 1. The minimum absolute atomic E-state index is 0. The number of hydrogen-bond acceptors (Lipinski definition) is 5. The number of rotatable bonds is 7. The van der Waals surface area contributed by atoms with Crippen LogP contribution >= 0.6 is 24.8 Å². The van der Waals surface area contributed by atoms with E-state index in [1.807, 2.05) is 11.8 Å². The topological polar surface area (TPSA) is 59.1 Å². The van der Waals surface area contributed by atoms with Crippen LogP contribution in [0.25, 0.3) is 0 Å². The number of aliphatic hydroxyl groups excluding tert-OH is 1. The van der Waals surface area contributed by atoms with E-state index in [2.05, 4.69) is 22.2 Å². The Bertz CT molecular complexity index is 361. The van der Waals surface area contributed by atoms with Crippen LogP contribution in [0.5, 0.6) is 0 Å². The van der Waals surface area contributed by atoms with E-state index in [-0.39, 0.29) is 30.9 Å². The molecule has 2 N–H and O–H groups in total. The lowest BCUT2D eigenvalue weighted by atomic mass is 9.96. The number of carbonyl (C=O) groups is 1. The molecule has 6 nitrogen and oxygen atoms in total. The minimum Gasteiger partial charge on any atom is -0.392 e. The van der Waals surface area contributed by atoms with Crippen LogP contribution in [0.1, 0.15) is 26.2 Å². The van der Waals surface area contributed by atoms with Crippen molar-refractivity contribution in [1.82, 2.24) is 20.0 Å². The summed E-state index contributed by atoms with van der Waals surface area (Å²) in [5.41, 5.74) is 0. The van der Waals surface area contributed by atoms with Gasteiger partial charge >= 0.3 is 0 Å². The molecule has 25 heavy (non-hydrogen) atoms. The lowest BCUT2D eigenvalue weighted by Gasteiger charge is -2.34. The van der Waals surface area contributed by atoms with Crippen LogP contribution in [-0.2, 0) is 4.79 Å². The van der Waals surface area contributed by atoms with Gasteiger partial charge in [0.25, 0.3) is 0 Å². The van der Waals surface area contributed by atoms with E-state index in [1.165, 1.54) is 12.8 Å². The molecule has 0 radical (unpaired) electrons. The number of carbonyl (C=O) groups excluding carboxylic acids is 1. The zero-order valence-corrected chi connectivity index (χ0v) is 17.3. The molecule has 2 aliphatic rings. The number of hydrogen-bond donors (Lipinski definition) is 2. The SMILES string of the molecule is CC(O)CN1CCC(CN(C)CCC(=O)N2CCNCC2)CC1.Cl.Cl. The second-order valence-electron chi connectivity index (χ2n) is 7.24. The summed E-state index contributed by atoms with van der Waals surface area (Å²) in [5.74, 6) is 1.02. The molecule has 0 aliphatic carbocycles. The molecule has 1 unspecified atom stereocenters. The number of nitrogens with zero attached hydrogens (tertiary/aromatic N) is 3. The molecule has 0 aromatic rings. The van der Waals surface area contributed by atoms with E-state index >= 15 is 0 Å². The Hall–Kier alpha value is -0.110. The average molecular weight is 399 g/mol. The summed E-state index contributed by atoms with van der Waals surface area (Å²) < 4.78 is 0. The molecule has 1 amide bonds. The fourth-order valence-corrected chi connectivity index (χ4v) is 3.62. The Morgan fingerprint density at radius 3 is 2.36 bits per heavy atom. The van der Waals surface area contributed by atoms with Crippen molar-refractivity contribution in [2.75, 3.05) is 66.0 Å². The quantitative estimate of drug-likeness (QED) is 0.659. The van der Waals surface area contributed by atoms with E-state index in [0.29, 0.717) is 12.3 Å². The Kier molecular flexibility index (Phi) is 13.1. The molecule has 0 aromatic heterocycles. The lowest BCUT2D eigenvalue weighted by Crippen LogP contribution is -2.47. The van der Waals surface area contributed by atoms with Crippen molar-refractivity contribution in [2.24, 2.45) is 5.92 Å². The maximum absolute atomic E-state index is 12.2. The highest BCUT2D eigenvalue weighted by Crippen LogP contribution is 2.18. The molecule has 0 saturated carbocycles. The number of nitrogens with one attached hydrogen (secondary N) is 1. The van der Waals surface area contributed by atoms with Gasteiger partial charge in [-0.3, -0.25) is 4.79 Å². The molecule has 8 heteroatoms. The Morgan fingerprint density at radius 2 is 1.80 bits per heavy atom. The third-order valence-corrected chi connectivity index (χ3v) is 4.98. The first kappa shape index (κ1) is 24.9. The summed E-state index contributed by atoms with van der Waals surface area (Å²) >= 11 is 0. The molecule has 150 valence electrons. The summed E-state index contributed by atoms with van der Waals surface area (Å²) in [7, 11) is 2.13. The number of aliphatic hydroxyl groups is 1. The van der Waals surface area contributed by atoms with Gasteiger partial charge in [0, 0.05) is 52.2 Å². The van der Waals surface area contributed by atoms with Gasteiger partial charge in [-0.1, -0.05) is 0 Å². The molecule has 0 aromatic carbocycles. The van der Waals surface area contributed by atoms with Crippen LogP contribution in [0, 0.1) is 5.92 Å². The first-order chi connectivity index (χ1) is 11.0. The largest absolute Gasteiger partial charge is 0.392 e. The lowest BCUT2D eigenvalue weighted by molar-refractivity contribution is -0.132. The summed E-state index contributed by atoms with van der Waals surface area (Å²) in [6.45, 7) is 10.3. The van der Waals surface area contributed by atoms with Crippen molar-refractivity contribution >= 4 is 30.7 Å². The Labute approximate surface area is 165 Å². The van der Waals surface area contributed by atoms with Gasteiger partial charge in [-0.25, -0.2) is 0 Å². The predicted octanol–water partition coefficient (Wildman–Crippen LogP) is 0.677. The third-order valence-electron chi connectivity index (χ3n) is 4.98. The van der Waals surface area contributed by atoms with Crippen LogP contribution in [0.3, 0.4) is 0 Å². The molecular formula is C17H36Cl2N4O2. The van der Waals surface area contributed by atoms with Gasteiger partial charge in [-0.2, -0.15) is 0 Å². The number of halogens is 2. The van der Waals surface area contributed by atoms with Crippen LogP contribution in [0.15, 0.2) is 0 Å². The molecule has 2 aliphatic heterocycles. The summed E-state index contributed by atoms with van der Waals surface area (Å²) in [5, 5.41) is 12.7. The van der Waals surface area contributed by atoms with Crippen LogP contribution in [0.4, 0.5) is 0 Å². The zero-order chi connectivity index (χ0) is 16.7. The highest BCUT2D eigenvalue weighted by molar-refractivity contribution is 5.85. The van der Waals surface area contributed by atoms with Gasteiger partial charge in [0.15, 0.2) is 0 Å². The van der Waals surface area contributed by atoms with E-state index in [1.54, 1.807) is 0 Å². The van der Waals surface area contributed by atoms with Gasteiger partial charge in [-0.05, 0) is 45.8 Å².